The van der Waals surface area contributed by atoms with E-state index in [0.29, 0.717) is 22.3 Å². The minimum Gasteiger partial charge on any atom is -0.355 e. The van der Waals surface area contributed by atoms with Crippen LogP contribution in [0.3, 0.4) is 0 Å². The van der Waals surface area contributed by atoms with Crippen molar-refractivity contribution in [2.45, 2.75) is 46.2 Å². The van der Waals surface area contributed by atoms with Crippen molar-refractivity contribution in [2.75, 3.05) is 23.7 Å². The Balaban J connectivity index is 2.19. The molecule has 0 heterocycles. The van der Waals surface area contributed by atoms with Gasteiger partial charge in [0, 0.05) is 36.1 Å². The molecule has 2 aromatic carbocycles. The van der Waals surface area contributed by atoms with Crippen LogP contribution < -0.4 is 9.62 Å². The van der Waals surface area contributed by atoms with Crippen molar-refractivity contribution in [3.63, 3.8) is 0 Å². The number of likely N-dealkylation sites (N-methyl/N-ethyl adjacent to an activating group) is 1. The zero-order chi connectivity index (χ0) is 25.5. The number of rotatable bonds is 11. The third-order valence-corrected chi connectivity index (χ3v) is 7.00. The maximum absolute atomic E-state index is 13.2. The maximum atomic E-state index is 13.2. The van der Waals surface area contributed by atoms with Crippen molar-refractivity contribution < 1.29 is 18.0 Å². The normalized spacial score (nSPS) is 12.2. The summed E-state index contributed by atoms with van der Waals surface area (Å²) < 4.78 is 26.2. The molecule has 0 saturated heterocycles. The van der Waals surface area contributed by atoms with Gasteiger partial charge in [-0.05, 0) is 62.6 Å². The van der Waals surface area contributed by atoms with Gasteiger partial charge >= 0.3 is 0 Å². The Labute approximate surface area is 212 Å². The van der Waals surface area contributed by atoms with E-state index in [1.54, 1.807) is 50.2 Å². The van der Waals surface area contributed by atoms with Gasteiger partial charge in [0.25, 0.3) is 0 Å². The van der Waals surface area contributed by atoms with Crippen LogP contribution in [0.25, 0.3) is 0 Å². The lowest BCUT2D eigenvalue weighted by molar-refractivity contribution is -0.140. The number of carbonyl (C=O) groups is 2. The number of halogens is 2. The predicted octanol–water partition coefficient (Wildman–Crippen LogP) is 4.40. The van der Waals surface area contributed by atoms with Crippen LogP contribution >= 0.6 is 23.2 Å². The number of nitrogens with zero attached hydrogens (tertiary/aromatic N) is 2. The second-order valence-electron chi connectivity index (χ2n) is 8.09. The molecule has 0 aromatic heterocycles. The van der Waals surface area contributed by atoms with Gasteiger partial charge in [-0.1, -0.05) is 41.4 Å². The molecular formula is C24H31Cl2N3O4S. The highest BCUT2D eigenvalue weighted by Crippen LogP contribution is 2.27. The van der Waals surface area contributed by atoms with Gasteiger partial charge < -0.3 is 10.2 Å². The summed E-state index contributed by atoms with van der Waals surface area (Å²) in [6.45, 7) is 6.05. The molecule has 2 rings (SSSR count). The van der Waals surface area contributed by atoms with Gasteiger partial charge in [-0.15, -0.1) is 0 Å². The highest BCUT2D eigenvalue weighted by atomic mass is 35.5. The summed E-state index contributed by atoms with van der Waals surface area (Å²) in [5, 5.41) is 3.71. The van der Waals surface area contributed by atoms with Crippen LogP contribution in [0.1, 0.15) is 37.8 Å². The van der Waals surface area contributed by atoms with Crippen LogP contribution in [0.5, 0.6) is 0 Å². The first-order valence-corrected chi connectivity index (χ1v) is 13.6. The quantitative estimate of drug-likeness (QED) is 0.469. The van der Waals surface area contributed by atoms with E-state index in [1.807, 2.05) is 13.0 Å². The summed E-state index contributed by atoms with van der Waals surface area (Å²) in [5.74, 6) is -0.514. The molecule has 0 fully saturated rings. The van der Waals surface area contributed by atoms with Crippen LogP contribution in [0, 0.1) is 6.92 Å². The highest BCUT2D eigenvalue weighted by molar-refractivity contribution is 7.92. The van der Waals surface area contributed by atoms with E-state index in [-0.39, 0.29) is 37.7 Å². The molecule has 0 spiro atoms. The van der Waals surface area contributed by atoms with Crippen LogP contribution in [-0.4, -0.2) is 50.5 Å². The zero-order valence-electron chi connectivity index (χ0n) is 19.8. The van der Waals surface area contributed by atoms with Gasteiger partial charge in [-0.25, -0.2) is 8.42 Å². The molecular weight excluding hydrogens is 497 g/mol. The van der Waals surface area contributed by atoms with Gasteiger partial charge in [-0.3, -0.25) is 13.9 Å². The minimum atomic E-state index is -3.59. The van der Waals surface area contributed by atoms with E-state index in [0.717, 1.165) is 17.4 Å². The molecule has 2 aromatic rings. The predicted molar refractivity (Wildman–Crippen MR) is 138 cm³/mol. The van der Waals surface area contributed by atoms with E-state index in [9.17, 15) is 18.0 Å². The summed E-state index contributed by atoms with van der Waals surface area (Å²) in [4.78, 5) is 27.2. The molecule has 1 atom stereocenters. The van der Waals surface area contributed by atoms with Crippen LogP contribution in [-0.2, 0) is 26.2 Å². The molecule has 186 valence electrons. The second kappa shape index (κ2) is 12.4. The second-order valence-corrected chi connectivity index (χ2v) is 10.9. The highest BCUT2D eigenvalue weighted by Gasteiger charge is 2.26. The molecule has 0 aliphatic heterocycles. The van der Waals surface area contributed by atoms with E-state index < -0.39 is 16.1 Å². The Morgan fingerprint density at radius 3 is 2.38 bits per heavy atom. The largest absolute Gasteiger partial charge is 0.355 e. The van der Waals surface area contributed by atoms with Gasteiger partial charge in [-0.2, -0.15) is 0 Å². The first kappa shape index (κ1) is 28.0. The zero-order valence-corrected chi connectivity index (χ0v) is 22.2. The van der Waals surface area contributed by atoms with Gasteiger partial charge in [0.1, 0.15) is 6.04 Å². The van der Waals surface area contributed by atoms with Crippen molar-refractivity contribution in [1.29, 1.82) is 0 Å². The van der Waals surface area contributed by atoms with E-state index in [4.69, 9.17) is 23.2 Å². The summed E-state index contributed by atoms with van der Waals surface area (Å²) in [7, 11) is -3.59. The van der Waals surface area contributed by atoms with Crippen molar-refractivity contribution in [1.82, 2.24) is 10.2 Å². The molecule has 0 aliphatic rings. The van der Waals surface area contributed by atoms with Crippen molar-refractivity contribution in [3.8, 4) is 0 Å². The number of anilines is 1. The molecule has 0 aliphatic carbocycles. The Bertz CT molecular complexity index is 1120. The average Bonchev–Trinajstić information content (AvgIpc) is 2.75. The summed E-state index contributed by atoms with van der Waals surface area (Å²) in [6, 6.07) is 11.5. The smallest absolute Gasteiger partial charge is 0.242 e. The van der Waals surface area contributed by atoms with Crippen molar-refractivity contribution in [3.05, 3.63) is 63.6 Å². The molecule has 0 radical (unpaired) electrons. The third kappa shape index (κ3) is 7.89. The topological polar surface area (TPSA) is 86.8 Å². The molecule has 7 nitrogen and oxygen atoms in total. The van der Waals surface area contributed by atoms with Crippen LogP contribution in [0.15, 0.2) is 42.5 Å². The minimum absolute atomic E-state index is 0.0654. The number of hydrogen-bond donors (Lipinski definition) is 1. The number of aryl methyl sites for hydroxylation is 1. The number of carbonyl (C=O) groups excluding carboxylic acids is 2. The number of amides is 2. The molecule has 10 heteroatoms. The van der Waals surface area contributed by atoms with Gasteiger partial charge in [0.05, 0.1) is 11.9 Å². The fraction of sp³-hybridized carbons (Fsp3) is 0.417. The molecule has 34 heavy (non-hydrogen) atoms. The Hall–Kier alpha value is -2.29. The van der Waals surface area contributed by atoms with E-state index >= 15 is 0 Å². The van der Waals surface area contributed by atoms with Gasteiger partial charge in [0.2, 0.25) is 21.8 Å². The first-order valence-electron chi connectivity index (χ1n) is 11.0. The molecule has 0 bridgehead atoms. The molecule has 2 amide bonds. The Morgan fingerprint density at radius 2 is 1.76 bits per heavy atom. The fourth-order valence-electron chi connectivity index (χ4n) is 3.57. The van der Waals surface area contributed by atoms with Crippen LogP contribution in [0.2, 0.25) is 10.0 Å². The number of hydrogen-bond acceptors (Lipinski definition) is 4. The standard InChI is InChI=1S/C24H31Cl2N3O4S/c1-5-27-24(31)18(3)28(16-19-8-6-9-20(25)14-19)23(30)10-7-13-29(34(4,32)33)22-15-21(26)12-11-17(22)2/h6,8-9,11-12,14-15,18H,5,7,10,13,16H2,1-4H3,(H,27,31). The van der Waals surface area contributed by atoms with E-state index in [2.05, 4.69) is 5.32 Å². The third-order valence-electron chi connectivity index (χ3n) is 5.35. The van der Waals surface area contributed by atoms with Crippen molar-refractivity contribution in [2.24, 2.45) is 0 Å². The summed E-state index contributed by atoms with van der Waals surface area (Å²) in [5.41, 5.74) is 2.03. The Kier molecular flexibility index (Phi) is 10.2. The Morgan fingerprint density at radius 1 is 1.09 bits per heavy atom. The number of sulfonamides is 1. The summed E-state index contributed by atoms with van der Waals surface area (Å²) in [6.07, 6.45) is 1.46. The lowest BCUT2D eigenvalue weighted by Crippen LogP contribution is -2.47. The lowest BCUT2D eigenvalue weighted by Gasteiger charge is -2.29. The fourth-order valence-corrected chi connectivity index (χ4v) is 4.96. The number of nitrogens with one attached hydrogen (secondary N) is 1. The maximum Gasteiger partial charge on any atom is 0.242 e. The van der Waals surface area contributed by atoms with E-state index in [1.165, 1.54) is 9.21 Å². The first-order chi connectivity index (χ1) is 15.9. The van der Waals surface area contributed by atoms with Crippen LogP contribution in [0.4, 0.5) is 5.69 Å². The monoisotopic (exact) mass is 527 g/mol. The number of benzene rings is 2. The SMILES string of the molecule is CCNC(=O)C(C)N(Cc1cccc(Cl)c1)C(=O)CCCN(c1cc(Cl)ccc1C)S(C)(=O)=O. The molecule has 1 unspecified atom stereocenters. The van der Waals surface area contributed by atoms with Crippen molar-refractivity contribution >= 4 is 50.7 Å². The molecule has 1 N–H and O–H groups in total. The lowest BCUT2D eigenvalue weighted by atomic mass is 10.1. The summed E-state index contributed by atoms with van der Waals surface area (Å²) >= 11 is 12.2. The molecule has 0 saturated carbocycles. The van der Waals surface area contributed by atoms with Gasteiger partial charge in [0.15, 0.2) is 0 Å². The average molecular weight is 529 g/mol.